The fourth-order valence-electron chi connectivity index (χ4n) is 3.45. The molecule has 0 saturated carbocycles. The van der Waals surface area contributed by atoms with Crippen LogP contribution < -0.4 is 10.2 Å². The molecule has 0 amide bonds. The van der Waals surface area contributed by atoms with Crippen molar-refractivity contribution in [2.45, 2.75) is 32.2 Å². The quantitative estimate of drug-likeness (QED) is 0.592. The average Bonchev–Trinajstić information content (AvgIpc) is 2.69. The van der Waals surface area contributed by atoms with Gasteiger partial charge in [0.05, 0.1) is 5.52 Å². The van der Waals surface area contributed by atoms with E-state index >= 15 is 0 Å². The summed E-state index contributed by atoms with van der Waals surface area (Å²) >= 11 is 6.01. The first-order chi connectivity index (χ1) is 12.7. The van der Waals surface area contributed by atoms with E-state index in [9.17, 15) is 0 Å². The lowest BCUT2D eigenvalue weighted by molar-refractivity contribution is 0.569. The molecule has 0 aliphatic carbocycles. The Labute approximate surface area is 171 Å². The summed E-state index contributed by atoms with van der Waals surface area (Å²) in [4.78, 5) is 12.0. The minimum absolute atomic E-state index is 0. The highest BCUT2D eigenvalue weighted by atomic mass is 35.5. The van der Waals surface area contributed by atoms with E-state index < -0.39 is 0 Å². The lowest BCUT2D eigenvalue weighted by Crippen LogP contribution is -2.31. The lowest BCUT2D eigenvalue weighted by atomic mass is 10.1. The van der Waals surface area contributed by atoms with E-state index in [1.165, 1.54) is 24.8 Å². The second kappa shape index (κ2) is 8.77. The molecule has 27 heavy (non-hydrogen) atoms. The first-order valence-electron chi connectivity index (χ1n) is 9.24. The van der Waals surface area contributed by atoms with E-state index in [-0.39, 0.29) is 18.4 Å². The lowest BCUT2D eigenvalue weighted by Gasteiger charge is -2.27. The largest absolute Gasteiger partial charge is 0.363 e. The number of aromatic nitrogens is 2. The predicted molar refractivity (Wildman–Crippen MR) is 116 cm³/mol. The zero-order valence-corrected chi connectivity index (χ0v) is 16.9. The van der Waals surface area contributed by atoms with Gasteiger partial charge < -0.3 is 10.2 Å². The van der Waals surface area contributed by atoms with E-state index in [2.05, 4.69) is 41.4 Å². The first-order valence-corrected chi connectivity index (χ1v) is 9.62. The van der Waals surface area contributed by atoms with Gasteiger partial charge in [-0.1, -0.05) is 35.9 Å². The zero-order chi connectivity index (χ0) is 17.9. The van der Waals surface area contributed by atoms with Crippen LogP contribution in [0, 0.1) is 0 Å². The maximum absolute atomic E-state index is 6.01. The minimum Gasteiger partial charge on any atom is -0.363 e. The van der Waals surface area contributed by atoms with E-state index in [0.29, 0.717) is 0 Å². The number of rotatable bonds is 4. The van der Waals surface area contributed by atoms with Crippen LogP contribution in [0.25, 0.3) is 10.9 Å². The summed E-state index contributed by atoms with van der Waals surface area (Å²) in [6.45, 7) is 4.20. The van der Waals surface area contributed by atoms with Crippen LogP contribution in [0.2, 0.25) is 5.02 Å². The van der Waals surface area contributed by atoms with Crippen LogP contribution in [0.4, 0.5) is 11.8 Å². The second-order valence-electron chi connectivity index (χ2n) is 6.85. The molecule has 6 heteroatoms. The second-order valence-corrected chi connectivity index (χ2v) is 7.29. The van der Waals surface area contributed by atoms with Crippen LogP contribution in [0.1, 0.15) is 37.8 Å². The Morgan fingerprint density at radius 3 is 2.41 bits per heavy atom. The molecular formula is C21H24Cl2N4. The predicted octanol–water partition coefficient (Wildman–Crippen LogP) is 5.87. The monoisotopic (exact) mass is 402 g/mol. The van der Waals surface area contributed by atoms with Gasteiger partial charge in [-0.2, -0.15) is 4.98 Å². The zero-order valence-electron chi connectivity index (χ0n) is 15.4. The van der Waals surface area contributed by atoms with Crippen molar-refractivity contribution in [3.8, 4) is 0 Å². The van der Waals surface area contributed by atoms with Gasteiger partial charge in [0.25, 0.3) is 0 Å². The highest BCUT2D eigenvalue weighted by Crippen LogP contribution is 2.28. The van der Waals surface area contributed by atoms with E-state index in [1.54, 1.807) is 0 Å². The van der Waals surface area contributed by atoms with Crippen LogP contribution in [-0.2, 0) is 0 Å². The molecule has 0 bridgehead atoms. The van der Waals surface area contributed by atoms with E-state index in [0.717, 1.165) is 40.8 Å². The third-order valence-electron chi connectivity index (χ3n) is 4.95. The number of benzene rings is 2. The normalized spacial score (nSPS) is 15.3. The molecule has 3 aromatic rings. The molecule has 1 unspecified atom stereocenters. The van der Waals surface area contributed by atoms with Crippen molar-refractivity contribution >= 4 is 46.7 Å². The van der Waals surface area contributed by atoms with Crippen LogP contribution in [0.15, 0.2) is 48.5 Å². The van der Waals surface area contributed by atoms with Gasteiger partial charge in [-0.05, 0) is 56.0 Å². The van der Waals surface area contributed by atoms with Crippen molar-refractivity contribution in [3.05, 3.63) is 59.1 Å². The number of halogens is 2. The summed E-state index contributed by atoms with van der Waals surface area (Å²) in [5.74, 6) is 1.72. The highest BCUT2D eigenvalue weighted by Gasteiger charge is 2.17. The van der Waals surface area contributed by atoms with Gasteiger partial charge in [-0.25, -0.2) is 4.98 Å². The Bertz CT molecular complexity index is 892. The first kappa shape index (κ1) is 19.7. The molecular weight excluding hydrogens is 379 g/mol. The molecule has 1 fully saturated rings. The molecule has 2 aromatic carbocycles. The number of para-hydroxylation sites is 1. The molecule has 1 aromatic heterocycles. The smallest absolute Gasteiger partial charge is 0.227 e. The van der Waals surface area contributed by atoms with Crippen molar-refractivity contribution in [1.29, 1.82) is 0 Å². The molecule has 2 heterocycles. The Morgan fingerprint density at radius 2 is 1.67 bits per heavy atom. The van der Waals surface area contributed by atoms with E-state index in [4.69, 9.17) is 21.6 Å². The summed E-state index contributed by atoms with van der Waals surface area (Å²) in [6.07, 6.45) is 3.71. The van der Waals surface area contributed by atoms with Crippen LogP contribution in [0.3, 0.4) is 0 Å². The number of piperidine rings is 1. The summed E-state index contributed by atoms with van der Waals surface area (Å²) < 4.78 is 0. The Morgan fingerprint density at radius 1 is 0.963 bits per heavy atom. The van der Waals surface area contributed by atoms with Crippen molar-refractivity contribution in [2.75, 3.05) is 23.3 Å². The van der Waals surface area contributed by atoms with Crippen molar-refractivity contribution in [3.63, 3.8) is 0 Å². The summed E-state index contributed by atoms with van der Waals surface area (Å²) in [5.41, 5.74) is 2.16. The standard InChI is InChI=1S/C21H23ClN4.ClH/c1-15(16-9-11-17(22)12-10-16)23-20-18-7-3-4-8-19(18)24-21(25-20)26-13-5-2-6-14-26;/h3-4,7-12,15H,2,5-6,13-14H2,1H3,(H,23,24,25);1H. The fourth-order valence-corrected chi connectivity index (χ4v) is 3.58. The molecule has 4 rings (SSSR count). The third kappa shape index (κ3) is 4.45. The number of fused-ring (bicyclic) bond motifs is 1. The number of hydrogen-bond acceptors (Lipinski definition) is 4. The molecule has 0 radical (unpaired) electrons. The number of nitrogens with zero attached hydrogens (tertiary/aromatic N) is 3. The maximum atomic E-state index is 6.01. The van der Waals surface area contributed by atoms with Crippen molar-refractivity contribution in [1.82, 2.24) is 9.97 Å². The van der Waals surface area contributed by atoms with Crippen molar-refractivity contribution < 1.29 is 0 Å². The summed E-state index contributed by atoms with van der Waals surface area (Å²) in [6, 6.07) is 16.3. The SMILES string of the molecule is CC(Nc1nc(N2CCCCC2)nc2ccccc12)c1ccc(Cl)cc1.Cl. The molecule has 4 nitrogen and oxygen atoms in total. The Hall–Kier alpha value is -2.04. The van der Waals surface area contributed by atoms with Gasteiger partial charge in [0, 0.05) is 29.5 Å². The average molecular weight is 403 g/mol. The topological polar surface area (TPSA) is 41.1 Å². The fraction of sp³-hybridized carbons (Fsp3) is 0.333. The molecule has 1 atom stereocenters. The van der Waals surface area contributed by atoms with Crippen molar-refractivity contribution in [2.24, 2.45) is 0 Å². The Kier molecular flexibility index (Phi) is 6.40. The van der Waals surface area contributed by atoms with Crippen LogP contribution in [0.5, 0.6) is 0 Å². The van der Waals surface area contributed by atoms with Gasteiger partial charge >= 0.3 is 0 Å². The van der Waals surface area contributed by atoms with E-state index in [1.807, 2.05) is 24.3 Å². The third-order valence-corrected chi connectivity index (χ3v) is 5.21. The molecule has 0 spiro atoms. The summed E-state index contributed by atoms with van der Waals surface area (Å²) in [7, 11) is 0. The van der Waals surface area contributed by atoms with Gasteiger partial charge in [0.15, 0.2) is 0 Å². The minimum atomic E-state index is 0. The van der Waals surface area contributed by atoms with Gasteiger partial charge in [0.2, 0.25) is 5.95 Å². The highest BCUT2D eigenvalue weighted by molar-refractivity contribution is 6.30. The number of anilines is 2. The maximum Gasteiger partial charge on any atom is 0.227 e. The van der Waals surface area contributed by atoms with Gasteiger partial charge in [-0.15, -0.1) is 12.4 Å². The molecule has 1 aliphatic rings. The van der Waals surface area contributed by atoms with Crippen LogP contribution in [-0.4, -0.2) is 23.1 Å². The molecule has 1 saturated heterocycles. The Balaban J connectivity index is 0.00000210. The molecule has 1 aliphatic heterocycles. The van der Waals surface area contributed by atoms with Crippen LogP contribution >= 0.6 is 24.0 Å². The molecule has 1 N–H and O–H groups in total. The van der Waals surface area contributed by atoms with Gasteiger partial charge in [-0.3, -0.25) is 0 Å². The number of nitrogens with one attached hydrogen (secondary N) is 1. The summed E-state index contributed by atoms with van der Waals surface area (Å²) in [5, 5.41) is 5.38. The molecule has 142 valence electrons. The number of hydrogen-bond donors (Lipinski definition) is 1. The van der Waals surface area contributed by atoms with Gasteiger partial charge in [0.1, 0.15) is 5.82 Å².